The number of methoxy groups -OCH3 is 3. The van der Waals surface area contributed by atoms with Crippen LogP contribution in [0.1, 0.15) is 36.5 Å². The highest BCUT2D eigenvalue weighted by Crippen LogP contribution is 2.41. The molecule has 0 radical (unpaired) electrons. The van der Waals surface area contributed by atoms with Crippen molar-refractivity contribution in [2.75, 3.05) is 27.9 Å². The summed E-state index contributed by atoms with van der Waals surface area (Å²) in [5.74, 6) is 1.78. The summed E-state index contributed by atoms with van der Waals surface area (Å²) in [7, 11) is 4.77. The zero-order chi connectivity index (χ0) is 20.8. The first-order valence-electron chi connectivity index (χ1n) is 10.0. The predicted octanol–water partition coefficient (Wildman–Crippen LogP) is 4.95. The molecule has 0 bridgehead atoms. The molecule has 154 valence electrons. The molecule has 1 unspecified atom stereocenters. The maximum absolute atomic E-state index is 13.2. The molecule has 0 aromatic heterocycles. The van der Waals surface area contributed by atoms with Crippen molar-refractivity contribution >= 4 is 5.91 Å². The van der Waals surface area contributed by atoms with Gasteiger partial charge in [0.05, 0.1) is 27.4 Å². The second kappa shape index (κ2) is 9.50. The average Bonchev–Trinajstić information content (AvgIpc) is 3.24. The molecule has 3 rings (SSSR count). The lowest BCUT2D eigenvalue weighted by atomic mass is 10.0. The summed E-state index contributed by atoms with van der Waals surface area (Å²) in [6.07, 6.45) is 7.48. The standard InChI is InChI=1S/C24H29NO4/c1-5-6-11-20-12-8-13-25(20)24(26)18-10-7-9-17(14-18)19-15-21(27-2)23(29-4)22(16-19)28-3/h7-10,12,14-16,20H,5-6,11,13H2,1-4H3. The van der Waals surface area contributed by atoms with Crippen molar-refractivity contribution in [2.24, 2.45) is 0 Å². The van der Waals surface area contributed by atoms with Gasteiger partial charge in [-0.2, -0.15) is 0 Å². The number of ether oxygens (including phenoxy) is 3. The van der Waals surface area contributed by atoms with E-state index >= 15 is 0 Å². The van der Waals surface area contributed by atoms with Gasteiger partial charge >= 0.3 is 0 Å². The van der Waals surface area contributed by atoms with E-state index < -0.39 is 0 Å². The van der Waals surface area contributed by atoms with Crippen molar-refractivity contribution in [1.29, 1.82) is 0 Å². The normalized spacial score (nSPS) is 15.4. The van der Waals surface area contributed by atoms with Crippen LogP contribution in [-0.4, -0.2) is 44.7 Å². The van der Waals surface area contributed by atoms with Crippen LogP contribution in [0.5, 0.6) is 17.2 Å². The van der Waals surface area contributed by atoms with Crippen molar-refractivity contribution < 1.29 is 19.0 Å². The van der Waals surface area contributed by atoms with Gasteiger partial charge in [0.15, 0.2) is 11.5 Å². The van der Waals surface area contributed by atoms with Crippen LogP contribution >= 0.6 is 0 Å². The zero-order valence-corrected chi connectivity index (χ0v) is 17.6. The number of hydrogen-bond acceptors (Lipinski definition) is 4. The van der Waals surface area contributed by atoms with E-state index in [4.69, 9.17) is 14.2 Å². The molecule has 0 fully saturated rings. The molecule has 2 aromatic rings. The Hall–Kier alpha value is -2.95. The minimum atomic E-state index is 0.0606. The first kappa shape index (κ1) is 20.8. The van der Waals surface area contributed by atoms with Gasteiger partial charge < -0.3 is 19.1 Å². The third kappa shape index (κ3) is 4.39. The Bertz CT molecular complexity index is 865. The third-order valence-corrected chi connectivity index (χ3v) is 5.28. The quantitative estimate of drug-likeness (QED) is 0.594. The van der Waals surface area contributed by atoms with Crippen molar-refractivity contribution in [3.05, 3.63) is 54.1 Å². The molecule has 5 heteroatoms. The molecule has 1 heterocycles. The van der Waals surface area contributed by atoms with Crippen LogP contribution in [0, 0.1) is 0 Å². The highest BCUT2D eigenvalue weighted by molar-refractivity contribution is 5.96. The summed E-state index contributed by atoms with van der Waals surface area (Å²) in [4.78, 5) is 15.1. The summed E-state index contributed by atoms with van der Waals surface area (Å²) >= 11 is 0. The van der Waals surface area contributed by atoms with Crippen LogP contribution < -0.4 is 14.2 Å². The van der Waals surface area contributed by atoms with Crippen LogP contribution in [-0.2, 0) is 0 Å². The molecule has 1 atom stereocenters. The van der Waals surface area contributed by atoms with E-state index in [0.29, 0.717) is 29.4 Å². The lowest BCUT2D eigenvalue weighted by Crippen LogP contribution is -2.36. The van der Waals surface area contributed by atoms with Crippen LogP contribution in [0.2, 0.25) is 0 Å². The Balaban J connectivity index is 1.91. The molecule has 1 amide bonds. The molecular weight excluding hydrogens is 366 g/mol. The smallest absolute Gasteiger partial charge is 0.254 e. The Morgan fingerprint density at radius 3 is 2.38 bits per heavy atom. The summed E-state index contributed by atoms with van der Waals surface area (Å²) in [6.45, 7) is 2.84. The van der Waals surface area contributed by atoms with E-state index in [1.165, 1.54) is 0 Å². The molecular formula is C24H29NO4. The molecule has 2 aromatic carbocycles. The van der Waals surface area contributed by atoms with Crippen LogP contribution in [0.15, 0.2) is 48.6 Å². The number of benzene rings is 2. The second-order valence-electron chi connectivity index (χ2n) is 7.09. The van der Waals surface area contributed by atoms with Crippen molar-refractivity contribution in [3.63, 3.8) is 0 Å². The van der Waals surface area contributed by atoms with Gasteiger partial charge in [-0.05, 0) is 41.8 Å². The number of nitrogens with zero attached hydrogens (tertiary/aromatic N) is 1. The summed E-state index contributed by atoms with van der Waals surface area (Å²) in [5.41, 5.74) is 2.50. The van der Waals surface area contributed by atoms with Crippen LogP contribution in [0.25, 0.3) is 11.1 Å². The van der Waals surface area contributed by atoms with Crippen molar-refractivity contribution in [2.45, 2.75) is 32.2 Å². The zero-order valence-electron chi connectivity index (χ0n) is 17.6. The predicted molar refractivity (Wildman–Crippen MR) is 115 cm³/mol. The van der Waals surface area contributed by atoms with Gasteiger partial charge in [-0.15, -0.1) is 0 Å². The first-order chi connectivity index (χ1) is 14.1. The van der Waals surface area contributed by atoms with Gasteiger partial charge in [-0.1, -0.05) is 44.1 Å². The number of unbranched alkanes of at least 4 members (excludes halogenated alkanes) is 1. The summed E-state index contributed by atoms with van der Waals surface area (Å²) < 4.78 is 16.3. The maximum atomic E-state index is 13.2. The fourth-order valence-electron chi connectivity index (χ4n) is 3.71. The lowest BCUT2D eigenvalue weighted by Gasteiger charge is -2.25. The van der Waals surface area contributed by atoms with Crippen LogP contribution in [0.3, 0.4) is 0 Å². The molecule has 0 aliphatic carbocycles. The van der Waals surface area contributed by atoms with Gasteiger partial charge in [0.1, 0.15) is 0 Å². The fraction of sp³-hybridized carbons (Fsp3) is 0.375. The molecule has 29 heavy (non-hydrogen) atoms. The van der Waals surface area contributed by atoms with Gasteiger partial charge in [0.25, 0.3) is 5.91 Å². The maximum Gasteiger partial charge on any atom is 0.254 e. The Labute approximate surface area is 172 Å². The van der Waals surface area contributed by atoms with Gasteiger partial charge in [-0.3, -0.25) is 4.79 Å². The molecule has 0 spiro atoms. The van der Waals surface area contributed by atoms with Gasteiger partial charge in [-0.25, -0.2) is 0 Å². The number of rotatable bonds is 8. The summed E-state index contributed by atoms with van der Waals surface area (Å²) in [6, 6.07) is 11.7. The molecule has 1 aliphatic rings. The molecule has 1 aliphatic heterocycles. The highest BCUT2D eigenvalue weighted by atomic mass is 16.5. The molecule has 0 saturated heterocycles. The highest BCUT2D eigenvalue weighted by Gasteiger charge is 2.25. The van der Waals surface area contributed by atoms with Gasteiger partial charge in [0.2, 0.25) is 5.75 Å². The third-order valence-electron chi connectivity index (χ3n) is 5.28. The SMILES string of the molecule is CCCCC1C=CCN1C(=O)c1cccc(-c2cc(OC)c(OC)c(OC)c2)c1. The summed E-state index contributed by atoms with van der Waals surface area (Å²) in [5, 5.41) is 0. The number of amides is 1. The lowest BCUT2D eigenvalue weighted by molar-refractivity contribution is 0.0743. The number of carbonyl (C=O) groups is 1. The minimum absolute atomic E-state index is 0.0606. The largest absolute Gasteiger partial charge is 0.493 e. The molecule has 5 nitrogen and oxygen atoms in total. The topological polar surface area (TPSA) is 48.0 Å². The first-order valence-corrected chi connectivity index (χ1v) is 10.0. The van der Waals surface area contributed by atoms with Crippen molar-refractivity contribution in [1.82, 2.24) is 4.90 Å². The fourth-order valence-corrected chi connectivity index (χ4v) is 3.71. The number of hydrogen-bond donors (Lipinski definition) is 0. The van der Waals surface area contributed by atoms with Crippen molar-refractivity contribution in [3.8, 4) is 28.4 Å². The monoisotopic (exact) mass is 395 g/mol. The van der Waals surface area contributed by atoms with Gasteiger partial charge in [0, 0.05) is 12.1 Å². The van der Waals surface area contributed by atoms with E-state index in [1.54, 1.807) is 21.3 Å². The second-order valence-corrected chi connectivity index (χ2v) is 7.09. The average molecular weight is 395 g/mol. The number of carbonyl (C=O) groups excluding carboxylic acids is 1. The Kier molecular flexibility index (Phi) is 6.81. The Morgan fingerprint density at radius 1 is 1.03 bits per heavy atom. The molecule has 0 saturated carbocycles. The van der Waals surface area contributed by atoms with E-state index in [0.717, 1.165) is 30.4 Å². The van der Waals surface area contributed by atoms with E-state index in [2.05, 4.69) is 19.1 Å². The van der Waals surface area contributed by atoms with E-state index in [1.807, 2.05) is 41.3 Å². The Morgan fingerprint density at radius 2 is 1.76 bits per heavy atom. The minimum Gasteiger partial charge on any atom is -0.493 e. The van der Waals surface area contributed by atoms with Crippen LogP contribution in [0.4, 0.5) is 0 Å². The van der Waals surface area contributed by atoms with E-state index in [9.17, 15) is 4.79 Å². The van der Waals surface area contributed by atoms with E-state index in [-0.39, 0.29) is 11.9 Å². The molecule has 0 N–H and O–H groups in total.